The highest BCUT2D eigenvalue weighted by Crippen LogP contribution is 2.32. The molecule has 29 heavy (non-hydrogen) atoms. The summed E-state index contributed by atoms with van der Waals surface area (Å²) in [5.41, 5.74) is 3.23. The third-order valence-corrected chi connectivity index (χ3v) is 5.53. The van der Waals surface area contributed by atoms with Crippen LogP contribution in [-0.4, -0.2) is 34.9 Å². The van der Waals surface area contributed by atoms with Gasteiger partial charge in [0.2, 0.25) is 0 Å². The van der Waals surface area contributed by atoms with E-state index in [0.29, 0.717) is 29.0 Å². The van der Waals surface area contributed by atoms with Gasteiger partial charge in [-0.1, -0.05) is 48.3 Å². The van der Waals surface area contributed by atoms with Gasteiger partial charge in [-0.25, -0.2) is 0 Å². The molecule has 0 saturated carbocycles. The number of hydrogen-bond acceptors (Lipinski definition) is 5. The molecule has 0 atom stereocenters. The molecule has 0 unspecified atom stereocenters. The molecule has 1 aliphatic heterocycles. The van der Waals surface area contributed by atoms with Gasteiger partial charge in [-0.2, -0.15) is 0 Å². The lowest BCUT2D eigenvalue weighted by molar-refractivity contribution is -0.121. The molecule has 3 rings (SSSR count). The van der Waals surface area contributed by atoms with E-state index >= 15 is 0 Å². The number of nitrogens with zero attached hydrogens (tertiary/aromatic N) is 1. The minimum Gasteiger partial charge on any atom is -0.490 e. The molecular weight excluding hydrogens is 402 g/mol. The third kappa shape index (κ3) is 5.71. The zero-order valence-corrected chi connectivity index (χ0v) is 18.1. The first-order valence-electron chi connectivity index (χ1n) is 9.26. The van der Waals surface area contributed by atoms with E-state index in [4.69, 9.17) is 21.7 Å². The van der Waals surface area contributed by atoms with Crippen LogP contribution in [0.4, 0.5) is 0 Å². The number of benzene rings is 2. The van der Waals surface area contributed by atoms with Crippen molar-refractivity contribution in [3.63, 3.8) is 0 Å². The highest BCUT2D eigenvalue weighted by Gasteiger charge is 2.30. The van der Waals surface area contributed by atoms with Crippen molar-refractivity contribution in [3.8, 4) is 11.5 Å². The van der Waals surface area contributed by atoms with Gasteiger partial charge in [0.05, 0.1) is 4.91 Å². The van der Waals surface area contributed by atoms with Crippen LogP contribution in [-0.2, 0) is 4.79 Å². The van der Waals surface area contributed by atoms with Gasteiger partial charge in [-0.05, 0) is 60.9 Å². The Labute approximate surface area is 181 Å². The Kier molecular flexibility index (Phi) is 7.12. The van der Waals surface area contributed by atoms with E-state index < -0.39 is 0 Å². The maximum absolute atomic E-state index is 12.4. The van der Waals surface area contributed by atoms with E-state index in [1.54, 1.807) is 11.0 Å². The maximum Gasteiger partial charge on any atom is 0.266 e. The summed E-state index contributed by atoms with van der Waals surface area (Å²) in [5.74, 6) is 1.49. The van der Waals surface area contributed by atoms with E-state index in [9.17, 15) is 4.79 Å². The molecule has 6 heteroatoms. The Balaban J connectivity index is 1.58. The molecule has 1 aliphatic rings. The molecule has 2 aromatic rings. The van der Waals surface area contributed by atoms with Crippen molar-refractivity contribution in [2.75, 3.05) is 19.8 Å². The lowest BCUT2D eigenvalue weighted by Gasteiger charge is -2.10. The van der Waals surface area contributed by atoms with E-state index in [0.717, 1.165) is 17.1 Å². The molecule has 0 radical (unpaired) electrons. The quantitative estimate of drug-likeness (QED) is 0.253. The molecule has 1 fully saturated rings. The van der Waals surface area contributed by atoms with Crippen LogP contribution in [0.2, 0.25) is 0 Å². The zero-order chi connectivity index (χ0) is 20.8. The predicted octanol–water partition coefficient (Wildman–Crippen LogP) is 5.15. The number of amides is 1. The summed E-state index contributed by atoms with van der Waals surface area (Å²) < 4.78 is 12.1. The molecule has 150 valence electrons. The van der Waals surface area contributed by atoms with Gasteiger partial charge in [0.25, 0.3) is 5.91 Å². The average Bonchev–Trinajstić information content (AvgIpc) is 2.93. The monoisotopic (exact) mass is 425 g/mol. The summed E-state index contributed by atoms with van der Waals surface area (Å²) in [7, 11) is 0. The first-order valence-corrected chi connectivity index (χ1v) is 10.5. The second-order valence-electron chi connectivity index (χ2n) is 6.67. The first-order chi connectivity index (χ1) is 14.0. The number of carbonyl (C=O) groups is 1. The van der Waals surface area contributed by atoms with E-state index in [-0.39, 0.29) is 5.91 Å². The largest absolute Gasteiger partial charge is 0.490 e. The Morgan fingerprint density at radius 2 is 1.76 bits per heavy atom. The van der Waals surface area contributed by atoms with Crippen LogP contribution in [0.1, 0.15) is 16.7 Å². The second-order valence-corrected chi connectivity index (χ2v) is 8.35. The van der Waals surface area contributed by atoms with Crippen molar-refractivity contribution in [2.24, 2.45) is 0 Å². The predicted molar refractivity (Wildman–Crippen MR) is 123 cm³/mol. The fourth-order valence-corrected chi connectivity index (χ4v) is 4.24. The van der Waals surface area contributed by atoms with Gasteiger partial charge in [-0.15, -0.1) is 6.58 Å². The van der Waals surface area contributed by atoms with E-state index in [1.165, 1.54) is 22.9 Å². The lowest BCUT2D eigenvalue weighted by atomic mass is 10.1. The van der Waals surface area contributed by atoms with Crippen molar-refractivity contribution in [2.45, 2.75) is 13.8 Å². The maximum atomic E-state index is 12.4. The summed E-state index contributed by atoms with van der Waals surface area (Å²) in [5, 5.41) is 0. The van der Waals surface area contributed by atoms with Crippen LogP contribution in [0.3, 0.4) is 0 Å². The smallest absolute Gasteiger partial charge is 0.266 e. The summed E-state index contributed by atoms with van der Waals surface area (Å²) >= 11 is 6.57. The second kappa shape index (κ2) is 9.76. The molecule has 0 spiro atoms. The van der Waals surface area contributed by atoms with Crippen molar-refractivity contribution in [3.05, 3.63) is 76.7 Å². The third-order valence-electron chi connectivity index (χ3n) is 4.16. The van der Waals surface area contributed by atoms with Crippen molar-refractivity contribution in [1.82, 2.24) is 4.90 Å². The topological polar surface area (TPSA) is 38.8 Å². The molecule has 4 nitrogen and oxygen atoms in total. The highest BCUT2D eigenvalue weighted by atomic mass is 32.2. The molecule has 1 amide bonds. The standard InChI is InChI=1S/C23H23NO3S2/c1-4-8-24-22(25)21(29-23(24)28)15-18-6-5-7-19(14-18)26-9-10-27-20-12-16(2)11-17(3)13-20/h4-7,11-15H,1,8-10H2,2-3H3/b21-15-. The van der Waals surface area contributed by atoms with Gasteiger partial charge >= 0.3 is 0 Å². The van der Waals surface area contributed by atoms with Gasteiger partial charge in [0.15, 0.2) is 0 Å². The summed E-state index contributed by atoms with van der Waals surface area (Å²) in [6.07, 6.45) is 3.50. The number of ether oxygens (including phenoxy) is 2. The summed E-state index contributed by atoms with van der Waals surface area (Å²) in [6, 6.07) is 13.7. The number of thioether (sulfide) groups is 1. The minimum atomic E-state index is -0.0898. The van der Waals surface area contributed by atoms with Crippen LogP contribution in [0.15, 0.2) is 60.0 Å². The van der Waals surface area contributed by atoms with Crippen molar-refractivity contribution < 1.29 is 14.3 Å². The average molecular weight is 426 g/mol. The SMILES string of the molecule is C=CCN1C(=O)/C(=C/c2cccc(OCCOc3cc(C)cc(C)c3)c2)SC1=S. The number of thiocarbonyl (C=S) groups is 1. The highest BCUT2D eigenvalue weighted by molar-refractivity contribution is 8.26. The molecule has 0 aromatic heterocycles. The van der Waals surface area contributed by atoms with E-state index in [2.05, 4.69) is 12.6 Å². The fraction of sp³-hybridized carbons (Fsp3) is 0.217. The Morgan fingerprint density at radius 1 is 1.07 bits per heavy atom. The number of carbonyl (C=O) groups excluding carboxylic acids is 1. The fourth-order valence-electron chi connectivity index (χ4n) is 2.97. The van der Waals surface area contributed by atoms with Gasteiger partial charge in [0.1, 0.15) is 29.0 Å². The number of hydrogen-bond donors (Lipinski definition) is 0. The van der Waals surface area contributed by atoms with Crippen molar-refractivity contribution >= 4 is 40.3 Å². The first kappa shape index (κ1) is 21.1. The van der Waals surface area contributed by atoms with Crippen LogP contribution >= 0.6 is 24.0 Å². The molecular formula is C23H23NO3S2. The van der Waals surface area contributed by atoms with Crippen LogP contribution < -0.4 is 9.47 Å². The molecule has 0 bridgehead atoms. The van der Waals surface area contributed by atoms with Crippen molar-refractivity contribution in [1.29, 1.82) is 0 Å². The minimum absolute atomic E-state index is 0.0898. The van der Waals surface area contributed by atoms with Gasteiger partial charge < -0.3 is 9.47 Å². The Morgan fingerprint density at radius 3 is 2.45 bits per heavy atom. The van der Waals surface area contributed by atoms with Crippen LogP contribution in [0.5, 0.6) is 11.5 Å². The number of aryl methyl sites for hydroxylation is 2. The molecule has 1 heterocycles. The normalized spacial score (nSPS) is 15.1. The lowest BCUT2D eigenvalue weighted by Crippen LogP contribution is -2.27. The van der Waals surface area contributed by atoms with Crippen LogP contribution in [0.25, 0.3) is 6.08 Å². The molecule has 1 saturated heterocycles. The van der Waals surface area contributed by atoms with Gasteiger partial charge in [-0.3, -0.25) is 9.69 Å². The summed E-state index contributed by atoms with van der Waals surface area (Å²) in [6.45, 7) is 9.07. The summed E-state index contributed by atoms with van der Waals surface area (Å²) in [4.78, 5) is 14.6. The molecule has 0 aliphatic carbocycles. The molecule has 2 aromatic carbocycles. The van der Waals surface area contributed by atoms with Crippen LogP contribution in [0, 0.1) is 13.8 Å². The number of rotatable bonds is 8. The van der Waals surface area contributed by atoms with Gasteiger partial charge in [0, 0.05) is 6.54 Å². The Bertz CT molecular complexity index is 948. The molecule has 0 N–H and O–H groups in total. The zero-order valence-electron chi connectivity index (χ0n) is 16.5. The van der Waals surface area contributed by atoms with E-state index in [1.807, 2.05) is 56.3 Å². The Hall–Kier alpha value is -2.57.